The van der Waals surface area contributed by atoms with Gasteiger partial charge in [0.15, 0.2) is 0 Å². The van der Waals surface area contributed by atoms with Crippen molar-refractivity contribution in [3.05, 3.63) is 59.2 Å². The summed E-state index contributed by atoms with van der Waals surface area (Å²) < 4.78 is 5.87. The third-order valence-corrected chi connectivity index (χ3v) is 5.01. The molecule has 5 heteroatoms. The number of fused-ring (bicyclic) bond motifs is 1. The molecule has 0 bridgehead atoms. The van der Waals surface area contributed by atoms with Crippen molar-refractivity contribution in [2.45, 2.75) is 46.1 Å². The van der Waals surface area contributed by atoms with Gasteiger partial charge in [0.2, 0.25) is 5.91 Å². The first-order valence-electron chi connectivity index (χ1n) is 9.60. The number of anilines is 1. The summed E-state index contributed by atoms with van der Waals surface area (Å²) in [4.78, 5) is 26.2. The summed E-state index contributed by atoms with van der Waals surface area (Å²) in [6.45, 7) is 10.7. The molecule has 0 unspecified atom stereocenters. The lowest BCUT2D eigenvalue weighted by Crippen LogP contribution is -2.38. The molecule has 0 saturated carbocycles. The van der Waals surface area contributed by atoms with E-state index in [2.05, 4.69) is 38.2 Å². The number of nitrogens with zero attached hydrogens (tertiary/aromatic N) is 1. The zero-order valence-electron chi connectivity index (χ0n) is 17.2. The van der Waals surface area contributed by atoms with Gasteiger partial charge in [0, 0.05) is 12.5 Å². The first kappa shape index (κ1) is 19.9. The van der Waals surface area contributed by atoms with Gasteiger partial charge in [-0.05, 0) is 35.6 Å². The Hall–Kier alpha value is -2.82. The average molecular weight is 380 g/mol. The summed E-state index contributed by atoms with van der Waals surface area (Å²) in [5.41, 5.74) is 4.07. The van der Waals surface area contributed by atoms with Crippen LogP contribution in [-0.4, -0.2) is 25.0 Å². The molecule has 1 aliphatic heterocycles. The molecule has 0 saturated heterocycles. The largest absolute Gasteiger partial charge is 0.492 e. The number of aryl methyl sites for hydroxylation is 1. The Kier molecular flexibility index (Phi) is 5.45. The minimum Gasteiger partial charge on any atom is -0.492 e. The zero-order chi connectivity index (χ0) is 20.5. The maximum Gasteiger partial charge on any atom is 0.254 e. The third kappa shape index (κ3) is 4.03. The standard InChI is InChI=1S/C23H28N2O3/c1-15-7-6-8-19-20(24-16(2)26)22(27)25(21(15)19)13-14-28-18-11-9-17(10-12-18)23(3,4)5/h6-12,20H,13-14H2,1-5H3,(H,24,26)/t20-/m0/s1. The molecule has 5 nitrogen and oxygen atoms in total. The minimum atomic E-state index is -0.626. The zero-order valence-corrected chi connectivity index (χ0v) is 17.2. The quantitative estimate of drug-likeness (QED) is 0.856. The van der Waals surface area contributed by atoms with E-state index in [1.807, 2.05) is 37.3 Å². The molecule has 1 heterocycles. The third-order valence-electron chi connectivity index (χ3n) is 5.01. The van der Waals surface area contributed by atoms with Crippen LogP contribution in [0.15, 0.2) is 42.5 Å². The molecule has 0 radical (unpaired) electrons. The Labute approximate surface area is 166 Å². The number of hydrogen-bond donors (Lipinski definition) is 1. The lowest BCUT2D eigenvalue weighted by molar-refractivity contribution is -0.126. The number of nitrogens with one attached hydrogen (secondary N) is 1. The molecule has 1 atom stereocenters. The number of amides is 2. The van der Waals surface area contributed by atoms with E-state index in [1.165, 1.54) is 12.5 Å². The summed E-state index contributed by atoms with van der Waals surface area (Å²) in [7, 11) is 0. The topological polar surface area (TPSA) is 58.6 Å². The predicted octanol–water partition coefficient (Wildman–Crippen LogP) is 3.90. The molecule has 1 aliphatic rings. The van der Waals surface area contributed by atoms with Gasteiger partial charge in [-0.1, -0.05) is 51.1 Å². The fourth-order valence-corrected chi connectivity index (χ4v) is 3.55. The van der Waals surface area contributed by atoms with Crippen molar-refractivity contribution in [2.75, 3.05) is 18.1 Å². The van der Waals surface area contributed by atoms with E-state index in [0.717, 1.165) is 22.6 Å². The van der Waals surface area contributed by atoms with Crippen LogP contribution in [0, 0.1) is 6.92 Å². The van der Waals surface area contributed by atoms with E-state index in [1.54, 1.807) is 4.90 Å². The highest BCUT2D eigenvalue weighted by atomic mass is 16.5. The van der Waals surface area contributed by atoms with E-state index in [4.69, 9.17) is 4.74 Å². The molecule has 3 rings (SSSR count). The lowest BCUT2D eigenvalue weighted by Gasteiger charge is -2.21. The van der Waals surface area contributed by atoms with Crippen molar-refractivity contribution in [3.63, 3.8) is 0 Å². The molecule has 148 valence electrons. The second-order valence-electron chi connectivity index (χ2n) is 8.26. The van der Waals surface area contributed by atoms with Crippen LogP contribution < -0.4 is 15.0 Å². The number of carbonyl (C=O) groups excluding carboxylic acids is 2. The Bertz CT molecular complexity index is 882. The normalized spacial score (nSPS) is 16.1. The number of para-hydroxylation sites is 1. The molecule has 0 aromatic heterocycles. The van der Waals surface area contributed by atoms with Crippen LogP contribution in [0.3, 0.4) is 0 Å². The van der Waals surface area contributed by atoms with E-state index >= 15 is 0 Å². The first-order chi connectivity index (χ1) is 13.2. The molecule has 0 spiro atoms. The molecule has 0 aliphatic carbocycles. The molecule has 28 heavy (non-hydrogen) atoms. The molecule has 1 N–H and O–H groups in total. The summed E-state index contributed by atoms with van der Waals surface area (Å²) in [5.74, 6) is 0.442. The molecule has 0 fully saturated rings. The van der Waals surface area contributed by atoms with Crippen LogP contribution in [0.5, 0.6) is 5.75 Å². The fraction of sp³-hybridized carbons (Fsp3) is 0.391. The van der Waals surface area contributed by atoms with Gasteiger partial charge in [-0.3, -0.25) is 9.59 Å². The Morgan fingerprint density at radius 3 is 2.43 bits per heavy atom. The van der Waals surface area contributed by atoms with Gasteiger partial charge in [0.05, 0.1) is 12.2 Å². The second-order valence-corrected chi connectivity index (χ2v) is 8.26. The molecule has 2 aromatic rings. The highest BCUT2D eigenvalue weighted by Gasteiger charge is 2.38. The van der Waals surface area contributed by atoms with Crippen molar-refractivity contribution in [1.82, 2.24) is 5.32 Å². The second kappa shape index (κ2) is 7.66. The van der Waals surface area contributed by atoms with Crippen molar-refractivity contribution in [2.24, 2.45) is 0 Å². The van der Waals surface area contributed by atoms with Crippen LogP contribution in [0.1, 0.15) is 50.4 Å². The fourth-order valence-electron chi connectivity index (χ4n) is 3.55. The Morgan fingerprint density at radius 1 is 1.14 bits per heavy atom. The highest BCUT2D eigenvalue weighted by Crippen LogP contribution is 2.38. The van der Waals surface area contributed by atoms with Crippen molar-refractivity contribution >= 4 is 17.5 Å². The van der Waals surface area contributed by atoms with Crippen LogP contribution >= 0.6 is 0 Å². The Balaban J connectivity index is 1.71. The van der Waals surface area contributed by atoms with E-state index in [-0.39, 0.29) is 17.2 Å². The number of rotatable bonds is 5. The Morgan fingerprint density at radius 2 is 1.82 bits per heavy atom. The average Bonchev–Trinajstić information content (AvgIpc) is 2.88. The highest BCUT2D eigenvalue weighted by molar-refractivity contribution is 6.06. The van der Waals surface area contributed by atoms with E-state index in [0.29, 0.717) is 13.2 Å². The van der Waals surface area contributed by atoms with Crippen LogP contribution in [0.25, 0.3) is 0 Å². The SMILES string of the molecule is CC(=O)N[C@@H]1C(=O)N(CCOc2ccc(C(C)(C)C)cc2)c2c(C)cccc21. The number of hydrogen-bond acceptors (Lipinski definition) is 3. The molecule has 2 amide bonds. The van der Waals surface area contributed by atoms with Gasteiger partial charge in [-0.25, -0.2) is 0 Å². The lowest BCUT2D eigenvalue weighted by atomic mass is 9.87. The summed E-state index contributed by atoms with van der Waals surface area (Å²) >= 11 is 0. The molecule has 2 aromatic carbocycles. The maximum absolute atomic E-state index is 12.9. The van der Waals surface area contributed by atoms with Crippen LogP contribution in [0.4, 0.5) is 5.69 Å². The number of carbonyl (C=O) groups is 2. The van der Waals surface area contributed by atoms with Gasteiger partial charge in [-0.2, -0.15) is 0 Å². The van der Waals surface area contributed by atoms with Crippen molar-refractivity contribution < 1.29 is 14.3 Å². The molecular formula is C23H28N2O3. The van der Waals surface area contributed by atoms with Crippen molar-refractivity contribution in [3.8, 4) is 5.75 Å². The van der Waals surface area contributed by atoms with E-state index in [9.17, 15) is 9.59 Å². The predicted molar refractivity (Wildman–Crippen MR) is 111 cm³/mol. The summed E-state index contributed by atoms with van der Waals surface area (Å²) in [6, 6.07) is 13.2. The van der Waals surface area contributed by atoms with Gasteiger partial charge < -0.3 is 15.0 Å². The first-order valence-corrected chi connectivity index (χ1v) is 9.60. The summed E-state index contributed by atoms with van der Waals surface area (Å²) in [5, 5.41) is 2.76. The van der Waals surface area contributed by atoms with Gasteiger partial charge in [0.1, 0.15) is 18.4 Å². The maximum atomic E-state index is 12.9. The summed E-state index contributed by atoms with van der Waals surface area (Å²) in [6.07, 6.45) is 0. The van der Waals surface area contributed by atoms with Gasteiger partial charge in [-0.15, -0.1) is 0 Å². The van der Waals surface area contributed by atoms with E-state index < -0.39 is 6.04 Å². The van der Waals surface area contributed by atoms with Gasteiger partial charge >= 0.3 is 0 Å². The number of ether oxygens (including phenoxy) is 1. The van der Waals surface area contributed by atoms with Gasteiger partial charge in [0.25, 0.3) is 5.91 Å². The van der Waals surface area contributed by atoms with Crippen molar-refractivity contribution in [1.29, 1.82) is 0 Å². The monoisotopic (exact) mass is 380 g/mol. The molecular weight excluding hydrogens is 352 g/mol. The van der Waals surface area contributed by atoms with Crippen LogP contribution in [0.2, 0.25) is 0 Å². The number of benzene rings is 2. The smallest absolute Gasteiger partial charge is 0.254 e. The minimum absolute atomic E-state index is 0.0977. The van der Waals surface area contributed by atoms with Crippen LogP contribution in [-0.2, 0) is 15.0 Å².